The van der Waals surface area contributed by atoms with Crippen LogP contribution in [0.2, 0.25) is 0 Å². The van der Waals surface area contributed by atoms with E-state index in [2.05, 4.69) is 29.0 Å². The molecule has 2 heterocycles. The molecule has 1 aromatic carbocycles. The van der Waals surface area contributed by atoms with Gasteiger partial charge in [0, 0.05) is 18.6 Å². The lowest BCUT2D eigenvalue weighted by Gasteiger charge is -2.04. The molecule has 0 aliphatic heterocycles. The third-order valence-electron chi connectivity index (χ3n) is 3.07. The standard InChI is InChI=1S/C14H9F4N5O2S/c1-26(24,10-5-3-2-4-9(10)15)23-13-19-6-8(7-20-13)11-21-12(25-22-11)14(16,17)18/h2-7H,1H3. The van der Waals surface area contributed by atoms with E-state index >= 15 is 0 Å². The van der Waals surface area contributed by atoms with Crippen molar-refractivity contribution in [1.29, 1.82) is 0 Å². The number of halogens is 4. The highest BCUT2D eigenvalue weighted by molar-refractivity contribution is 7.93. The van der Waals surface area contributed by atoms with Crippen LogP contribution in [0.25, 0.3) is 11.4 Å². The summed E-state index contributed by atoms with van der Waals surface area (Å²) >= 11 is 0. The minimum atomic E-state index is -4.77. The van der Waals surface area contributed by atoms with Gasteiger partial charge in [-0.1, -0.05) is 17.3 Å². The van der Waals surface area contributed by atoms with Gasteiger partial charge in [0.15, 0.2) is 0 Å². The average Bonchev–Trinajstić information content (AvgIpc) is 3.06. The summed E-state index contributed by atoms with van der Waals surface area (Å²) in [5, 5.41) is 3.19. The van der Waals surface area contributed by atoms with Crippen LogP contribution in [0.1, 0.15) is 5.89 Å². The fourth-order valence-electron chi connectivity index (χ4n) is 1.90. The van der Waals surface area contributed by atoms with Gasteiger partial charge in [-0.2, -0.15) is 22.5 Å². The second-order valence-electron chi connectivity index (χ2n) is 5.02. The van der Waals surface area contributed by atoms with E-state index in [1.165, 1.54) is 24.5 Å². The molecule has 0 amide bonds. The number of hydrogen-bond donors (Lipinski definition) is 0. The molecule has 0 aliphatic carbocycles. The van der Waals surface area contributed by atoms with Gasteiger partial charge in [0.25, 0.3) is 5.95 Å². The smallest absolute Gasteiger partial charge is 0.329 e. The molecule has 1 atom stereocenters. The third-order valence-corrected chi connectivity index (χ3v) is 4.72. The molecule has 136 valence electrons. The highest BCUT2D eigenvalue weighted by Gasteiger charge is 2.38. The molecule has 0 saturated carbocycles. The molecule has 0 bridgehead atoms. The lowest BCUT2D eigenvalue weighted by Crippen LogP contribution is -2.04. The van der Waals surface area contributed by atoms with E-state index in [4.69, 9.17) is 0 Å². The predicted octanol–water partition coefficient (Wildman–Crippen LogP) is 3.47. The molecule has 0 fully saturated rings. The van der Waals surface area contributed by atoms with Crippen LogP contribution < -0.4 is 0 Å². The van der Waals surface area contributed by atoms with Crippen molar-refractivity contribution in [2.75, 3.05) is 6.26 Å². The first-order chi connectivity index (χ1) is 12.2. The Hall–Kier alpha value is -2.89. The van der Waals surface area contributed by atoms with E-state index in [0.717, 1.165) is 18.5 Å². The second-order valence-corrected chi connectivity index (χ2v) is 7.24. The Balaban J connectivity index is 1.92. The zero-order valence-corrected chi connectivity index (χ0v) is 13.8. The van der Waals surface area contributed by atoms with Crippen molar-refractivity contribution >= 4 is 15.7 Å². The van der Waals surface area contributed by atoms with Gasteiger partial charge >= 0.3 is 12.1 Å². The van der Waals surface area contributed by atoms with Gasteiger partial charge < -0.3 is 4.52 Å². The topological polar surface area (TPSA) is 94.1 Å². The van der Waals surface area contributed by atoms with Crippen LogP contribution in [-0.4, -0.2) is 30.6 Å². The van der Waals surface area contributed by atoms with Crippen molar-refractivity contribution in [2.24, 2.45) is 4.36 Å². The fourth-order valence-corrected chi connectivity index (χ4v) is 3.16. The minimum absolute atomic E-state index is 0.0386. The van der Waals surface area contributed by atoms with Gasteiger partial charge in [-0.3, -0.25) is 0 Å². The highest BCUT2D eigenvalue weighted by atomic mass is 32.2. The molecular weight excluding hydrogens is 378 g/mol. The average molecular weight is 387 g/mol. The summed E-state index contributed by atoms with van der Waals surface area (Å²) in [7, 11) is -3.16. The van der Waals surface area contributed by atoms with Crippen LogP contribution in [0.4, 0.5) is 23.5 Å². The van der Waals surface area contributed by atoms with Gasteiger partial charge in [-0.25, -0.2) is 18.6 Å². The number of aromatic nitrogens is 4. The van der Waals surface area contributed by atoms with Crippen LogP contribution >= 0.6 is 0 Å². The van der Waals surface area contributed by atoms with Crippen molar-refractivity contribution in [3.63, 3.8) is 0 Å². The number of nitrogens with zero attached hydrogens (tertiary/aromatic N) is 5. The van der Waals surface area contributed by atoms with Crippen LogP contribution in [-0.2, 0) is 15.9 Å². The van der Waals surface area contributed by atoms with Crippen molar-refractivity contribution in [1.82, 2.24) is 20.1 Å². The van der Waals surface area contributed by atoms with Crippen molar-refractivity contribution in [3.05, 3.63) is 48.4 Å². The molecule has 3 aromatic rings. The summed E-state index contributed by atoms with van der Waals surface area (Å²) in [6.45, 7) is 0. The molecular formula is C14H9F4N5O2S. The largest absolute Gasteiger partial charge is 0.471 e. The molecule has 0 aliphatic rings. The number of hydrogen-bond acceptors (Lipinski definition) is 7. The van der Waals surface area contributed by atoms with Crippen LogP contribution in [0.15, 0.2) is 50.4 Å². The summed E-state index contributed by atoms with van der Waals surface area (Å²) in [5.41, 5.74) is 0.0386. The lowest BCUT2D eigenvalue weighted by atomic mass is 10.3. The minimum Gasteiger partial charge on any atom is -0.329 e. The highest BCUT2D eigenvalue weighted by Crippen LogP contribution is 2.29. The summed E-state index contributed by atoms with van der Waals surface area (Å²) in [5.74, 6) is -2.79. The Labute approximate surface area is 144 Å². The molecule has 0 radical (unpaired) electrons. The summed E-state index contributed by atoms with van der Waals surface area (Å²) < 4.78 is 71.7. The molecule has 3 rings (SSSR count). The summed E-state index contributed by atoms with van der Waals surface area (Å²) in [6.07, 6.45) is -1.37. The van der Waals surface area contributed by atoms with E-state index < -0.39 is 27.6 Å². The molecule has 0 N–H and O–H groups in total. The molecule has 1 unspecified atom stereocenters. The van der Waals surface area contributed by atoms with Crippen LogP contribution in [0, 0.1) is 5.82 Å². The number of alkyl halides is 3. The maximum atomic E-state index is 13.8. The van der Waals surface area contributed by atoms with Gasteiger partial charge in [-0.05, 0) is 12.1 Å². The quantitative estimate of drug-likeness (QED) is 0.639. The SMILES string of the molecule is CS(=O)(=Nc1ncc(-c2noc(C(F)(F)F)n2)cn1)c1ccccc1F. The normalized spacial score (nSPS) is 14.0. The fraction of sp³-hybridized carbons (Fsp3) is 0.143. The first kappa shape index (κ1) is 17.9. The van der Waals surface area contributed by atoms with Gasteiger partial charge in [-0.15, -0.1) is 0 Å². The van der Waals surface area contributed by atoms with Gasteiger partial charge in [0.1, 0.15) is 5.82 Å². The first-order valence-electron chi connectivity index (χ1n) is 6.87. The molecule has 12 heteroatoms. The monoisotopic (exact) mass is 387 g/mol. The van der Waals surface area contributed by atoms with E-state index in [-0.39, 0.29) is 22.2 Å². The summed E-state index contributed by atoms with van der Waals surface area (Å²) in [6, 6.07) is 5.43. The van der Waals surface area contributed by atoms with Gasteiger partial charge in [0.2, 0.25) is 5.82 Å². The summed E-state index contributed by atoms with van der Waals surface area (Å²) in [4.78, 5) is 10.7. The van der Waals surface area contributed by atoms with Crippen molar-refractivity contribution in [2.45, 2.75) is 11.1 Å². The lowest BCUT2D eigenvalue weighted by molar-refractivity contribution is -0.159. The number of benzene rings is 1. The predicted molar refractivity (Wildman–Crippen MR) is 81.1 cm³/mol. The second kappa shape index (κ2) is 6.44. The molecule has 26 heavy (non-hydrogen) atoms. The van der Waals surface area contributed by atoms with E-state index in [9.17, 15) is 21.8 Å². The molecule has 0 saturated heterocycles. The number of rotatable bonds is 3. The zero-order valence-electron chi connectivity index (χ0n) is 12.9. The van der Waals surface area contributed by atoms with Crippen molar-refractivity contribution in [3.8, 4) is 11.4 Å². The maximum absolute atomic E-state index is 13.8. The Morgan fingerprint density at radius 1 is 1.15 bits per heavy atom. The van der Waals surface area contributed by atoms with Crippen LogP contribution in [0.5, 0.6) is 0 Å². The van der Waals surface area contributed by atoms with E-state index in [0.29, 0.717) is 0 Å². The third kappa shape index (κ3) is 3.69. The van der Waals surface area contributed by atoms with Crippen molar-refractivity contribution < 1.29 is 26.3 Å². The molecule has 7 nitrogen and oxygen atoms in total. The Bertz CT molecular complexity index is 1060. The van der Waals surface area contributed by atoms with Gasteiger partial charge in [0.05, 0.1) is 20.2 Å². The molecule has 2 aromatic heterocycles. The molecule has 0 spiro atoms. The van der Waals surface area contributed by atoms with Crippen LogP contribution in [0.3, 0.4) is 0 Å². The Morgan fingerprint density at radius 3 is 2.38 bits per heavy atom. The maximum Gasteiger partial charge on any atom is 0.471 e. The Morgan fingerprint density at radius 2 is 1.81 bits per heavy atom. The van der Waals surface area contributed by atoms with E-state index in [1.54, 1.807) is 0 Å². The van der Waals surface area contributed by atoms with E-state index in [1.807, 2.05) is 0 Å². The Kier molecular flexibility index (Phi) is 4.44. The first-order valence-corrected chi connectivity index (χ1v) is 8.79. The zero-order chi connectivity index (χ0) is 18.9.